The van der Waals surface area contributed by atoms with Crippen LogP contribution in [0.1, 0.15) is 41.5 Å². The van der Waals surface area contributed by atoms with E-state index >= 15 is 0 Å². The first-order valence-electron chi connectivity index (χ1n) is 4.95. The van der Waals surface area contributed by atoms with E-state index in [0.717, 1.165) is 0 Å². The quantitative estimate of drug-likeness (QED) is 0.317. The molecule has 13 heavy (non-hydrogen) atoms. The van der Waals surface area contributed by atoms with E-state index in [-0.39, 0.29) is 0 Å². The molecule has 0 unspecified atom stereocenters. The van der Waals surface area contributed by atoms with Gasteiger partial charge in [0.15, 0.2) is 0 Å². The van der Waals surface area contributed by atoms with Gasteiger partial charge in [0.05, 0.1) is 0 Å². The van der Waals surface area contributed by atoms with Crippen LogP contribution in [0.4, 0.5) is 0 Å². The number of azide groups is 1. The molecule has 0 saturated heterocycles. The van der Waals surface area contributed by atoms with E-state index in [1.165, 1.54) is 0 Å². The summed E-state index contributed by atoms with van der Waals surface area (Å²) in [6.07, 6.45) is 0. The maximum atomic E-state index is 8.66. The standard InChI is InChI=1S/3C3H7.N3.Sn/c4*1-3-2;/h3*3H,1-2H3;;/q;;;-1;+1. The van der Waals surface area contributed by atoms with Gasteiger partial charge in [0, 0.05) is 0 Å². The monoisotopic (exact) mass is 291 g/mol. The van der Waals surface area contributed by atoms with Gasteiger partial charge in [-0.25, -0.2) is 0 Å². The minimum atomic E-state index is -2.63. The average molecular weight is 290 g/mol. The first-order chi connectivity index (χ1) is 5.89. The normalized spacial score (nSPS) is 12.4. The molecular weight excluding hydrogens is 269 g/mol. The Kier molecular flexibility index (Phi) is 5.15. The predicted octanol–water partition coefficient (Wildman–Crippen LogP) is 4.47. The van der Waals surface area contributed by atoms with E-state index in [0.29, 0.717) is 11.8 Å². The van der Waals surface area contributed by atoms with Gasteiger partial charge in [-0.05, 0) is 0 Å². The van der Waals surface area contributed by atoms with Gasteiger partial charge in [-0.15, -0.1) is 0 Å². The molecule has 0 amide bonds. The number of hydrogen-bond acceptors (Lipinski definition) is 1. The molecule has 0 aliphatic heterocycles. The SMILES string of the molecule is C[CH](C)[Sn]([N]=[N+]=[N-])([CH](C)C)[CH](C)C. The van der Waals surface area contributed by atoms with Crippen molar-refractivity contribution in [2.45, 2.75) is 53.3 Å². The maximum absolute atomic E-state index is 8.66. The van der Waals surface area contributed by atoms with Gasteiger partial charge >= 0.3 is 85.8 Å². The molecule has 0 bridgehead atoms. The fourth-order valence-electron chi connectivity index (χ4n) is 2.42. The molecule has 0 N–H and O–H groups in total. The summed E-state index contributed by atoms with van der Waals surface area (Å²) in [6, 6.07) is 0. The molecule has 0 saturated carbocycles. The van der Waals surface area contributed by atoms with Crippen molar-refractivity contribution in [3.63, 3.8) is 0 Å². The third-order valence-corrected chi connectivity index (χ3v) is 20.1. The van der Waals surface area contributed by atoms with Gasteiger partial charge < -0.3 is 0 Å². The fourth-order valence-corrected chi connectivity index (χ4v) is 16.3. The molecule has 0 spiro atoms. The number of nitrogens with zero attached hydrogens (tertiary/aromatic N) is 3. The summed E-state index contributed by atoms with van der Waals surface area (Å²) in [4.78, 5) is 3.09. The molecule has 0 radical (unpaired) electrons. The van der Waals surface area contributed by atoms with E-state index < -0.39 is 18.7 Å². The van der Waals surface area contributed by atoms with Gasteiger partial charge in [-0.2, -0.15) is 0 Å². The molecule has 0 heterocycles. The van der Waals surface area contributed by atoms with Crippen molar-refractivity contribution < 1.29 is 0 Å². The summed E-state index contributed by atoms with van der Waals surface area (Å²) in [6.45, 7) is 13.3. The van der Waals surface area contributed by atoms with Gasteiger partial charge in [-0.1, -0.05) is 0 Å². The Labute approximate surface area is 85.8 Å². The molecule has 0 aromatic rings. The Morgan fingerprint density at radius 3 is 1.31 bits per heavy atom. The molecule has 0 aromatic heterocycles. The van der Waals surface area contributed by atoms with Crippen LogP contribution < -0.4 is 0 Å². The second-order valence-electron chi connectivity index (χ2n) is 4.54. The number of rotatable bonds is 4. The Bertz CT molecular complexity index is 183. The first kappa shape index (κ1) is 13.1. The second kappa shape index (κ2) is 5.10. The summed E-state index contributed by atoms with van der Waals surface area (Å²) in [5.74, 6) is 0. The summed E-state index contributed by atoms with van der Waals surface area (Å²) in [5.41, 5.74) is 8.66. The Hall–Kier alpha value is 0.109. The first-order valence-corrected chi connectivity index (χ1v) is 11.2. The van der Waals surface area contributed by atoms with Crippen molar-refractivity contribution in [3.8, 4) is 0 Å². The average Bonchev–Trinajstić information content (AvgIpc) is 1.97. The van der Waals surface area contributed by atoms with Crippen molar-refractivity contribution in [2.75, 3.05) is 0 Å². The third-order valence-electron chi connectivity index (χ3n) is 2.99. The van der Waals surface area contributed by atoms with E-state index in [1.807, 2.05) is 0 Å². The van der Waals surface area contributed by atoms with Crippen molar-refractivity contribution in [1.29, 1.82) is 0 Å². The summed E-state index contributed by atoms with van der Waals surface area (Å²) in [5, 5.41) is 0. The van der Waals surface area contributed by atoms with E-state index in [2.05, 4.69) is 49.8 Å². The van der Waals surface area contributed by atoms with Gasteiger partial charge in [0.1, 0.15) is 0 Å². The van der Waals surface area contributed by atoms with Crippen LogP contribution in [0.5, 0.6) is 0 Å². The van der Waals surface area contributed by atoms with Crippen molar-refractivity contribution in [1.82, 2.24) is 0 Å². The molecular formula is C9H21N3Sn. The molecule has 3 nitrogen and oxygen atoms in total. The zero-order valence-electron chi connectivity index (χ0n) is 9.57. The van der Waals surface area contributed by atoms with E-state index in [4.69, 9.17) is 5.53 Å². The molecule has 0 fully saturated rings. The van der Waals surface area contributed by atoms with Gasteiger partial charge in [-0.3, -0.25) is 0 Å². The predicted molar refractivity (Wildman–Crippen MR) is 60.2 cm³/mol. The van der Waals surface area contributed by atoms with Crippen LogP contribution in [-0.2, 0) is 0 Å². The van der Waals surface area contributed by atoms with Crippen LogP contribution in [0.15, 0.2) is 3.34 Å². The van der Waals surface area contributed by atoms with Crippen molar-refractivity contribution in [3.05, 3.63) is 10.4 Å². The summed E-state index contributed by atoms with van der Waals surface area (Å²) < 4.78 is 6.01. The van der Waals surface area contributed by atoms with Crippen LogP contribution in [0.3, 0.4) is 0 Å². The summed E-state index contributed by atoms with van der Waals surface area (Å²) >= 11 is -2.63. The molecule has 0 atom stereocenters. The van der Waals surface area contributed by atoms with E-state index in [9.17, 15) is 0 Å². The van der Waals surface area contributed by atoms with Crippen LogP contribution in [0.2, 0.25) is 11.8 Å². The van der Waals surface area contributed by atoms with Crippen molar-refractivity contribution in [2.24, 2.45) is 3.34 Å². The van der Waals surface area contributed by atoms with Crippen LogP contribution in [-0.4, -0.2) is 18.7 Å². The molecule has 0 aromatic carbocycles. The topological polar surface area (TPSA) is 48.8 Å². The van der Waals surface area contributed by atoms with E-state index in [1.54, 1.807) is 0 Å². The molecule has 0 aliphatic carbocycles. The van der Waals surface area contributed by atoms with Crippen LogP contribution in [0, 0.1) is 0 Å². The number of hydrogen-bond donors (Lipinski definition) is 0. The zero-order chi connectivity index (χ0) is 10.6. The third kappa shape index (κ3) is 2.53. The zero-order valence-corrected chi connectivity index (χ0v) is 12.4. The molecule has 0 rings (SSSR count). The second-order valence-corrected chi connectivity index (χ2v) is 20.1. The minimum absolute atomic E-state index is 0.588. The molecule has 0 aliphatic rings. The fraction of sp³-hybridized carbons (Fsp3) is 1.00. The van der Waals surface area contributed by atoms with Gasteiger partial charge in [0.2, 0.25) is 0 Å². The van der Waals surface area contributed by atoms with Crippen LogP contribution >= 0.6 is 0 Å². The van der Waals surface area contributed by atoms with Crippen molar-refractivity contribution >= 4 is 18.7 Å². The molecule has 4 heteroatoms. The summed E-state index contributed by atoms with van der Waals surface area (Å²) in [7, 11) is 0. The Morgan fingerprint density at radius 1 is 0.923 bits per heavy atom. The van der Waals surface area contributed by atoms with Crippen LogP contribution in [0.25, 0.3) is 10.4 Å². The Balaban J connectivity index is 5.17. The molecule has 76 valence electrons. The Morgan fingerprint density at radius 2 is 1.23 bits per heavy atom. The van der Waals surface area contributed by atoms with Gasteiger partial charge in [0.25, 0.3) is 0 Å².